The van der Waals surface area contributed by atoms with Gasteiger partial charge in [-0.3, -0.25) is 15.0 Å². The molecular weight excluding hydrogens is 368 g/mol. The number of carbonyl (C=O) groups is 2. The van der Waals surface area contributed by atoms with Crippen LogP contribution in [0.5, 0.6) is 0 Å². The summed E-state index contributed by atoms with van der Waals surface area (Å²) in [6, 6.07) is 13.6. The van der Waals surface area contributed by atoms with E-state index in [4.69, 9.17) is 9.47 Å². The first-order chi connectivity index (χ1) is 14.2. The van der Waals surface area contributed by atoms with Crippen LogP contribution in [-0.4, -0.2) is 31.3 Å². The lowest BCUT2D eigenvalue weighted by Crippen LogP contribution is -2.31. The van der Waals surface area contributed by atoms with Gasteiger partial charge in [0.25, 0.3) is 5.91 Å². The molecule has 1 heterocycles. The van der Waals surface area contributed by atoms with Crippen LogP contribution in [-0.2, 0) is 27.1 Å². The second kappa shape index (κ2) is 8.66. The highest BCUT2D eigenvalue weighted by Gasteiger charge is 2.27. The summed E-state index contributed by atoms with van der Waals surface area (Å²) in [4.78, 5) is 26.9. The van der Waals surface area contributed by atoms with Gasteiger partial charge in [-0.15, -0.1) is 0 Å². The van der Waals surface area contributed by atoms with Crippen molar-refractivity contribution in [1.82, 2.24) is 0 Å². The molecular formula is C23H26N2O4. The van der Waals surface area contributed by atoms with Gasteiger partial charge in [-0.1, -0.05) is 24.3 Å². The van der Waals surface area contributed by atoms with Crippen molar-refractivity contribution >= 4 is 29.1 Å². The molecule has 1 saturated carbocycles. The molecule has 152 valence electrons. The van der Waals surface area contributed by atoms with Crippen molar-refractivity contribution in [3.63, 3.8) is 0 Å². The molecule has 29 heavy (non-hydrogen) atoms. The highest BCUT2D eigenvalue weighted by Crippen LogP contribution is 2.37. The van der Waals surface area contributed by atoms with E-state index in [2.05, 4.69) is 11.4 Å². The first-order valence-corrected chi connectivity index (χ1v) is 10.2. The summed E-state index contributed by atoms with van der Waals surface area (Å²) in [5, 5.41) is 2.81. The maximum absolute atomic E-state index is 13.0. The Kier molecular flexibility index (Phi) is 5.81. The third kappa shape index (κ3) is 4.27. The molecule has 6 heteroatoms. The second-order valence-electron chi connectivity index (χ2n) is 7.42. The summed E-state index contributed by atoms with van der Waals surface area (Å²) < 4.78 is 10.8. The molecule has 1 aliphatic heterocycles. The number of fused-ring (bicyclic) bond motifs is 2. The van der Waals surface area contributed by atoms with Gasteiger partial charge in [-0.05, 0) is 68.4 Å². The average molecular weight is 394 g/mol. The Morgan fingerprint density at radius 2 is 1.83 bits per heavy atom. The number of nitrogens with one attached hydrogen (secondary N) is 1. The van der Waals surface area contributed by atoms with Gasteiger partial charge in [0.1, 0.15) is 12.7 Å². The van der Waals surface area contributed by atoms with Crippen molar-refractivity contribution in [2.45, 2.75) is 45.1 Å². The lowest BCUT2D eigenvalue weighted by Gasteiger charge is -2.26. The van der Waals surface area contributed by atoms with Crippen molar-refractivity contribution in [2.24, 2.45) is 0 Å². The number of anilines is 3. The lowest BCUT2D eigenvalue weighted by molar-refractivity contribution is -0.122. The number of ether oxygens (including phenoxy) is 2. The van der Waals surface area contributed by atoms with Gasteiger partial charge in [-0.2, -0.15) is 0 Å². The molecule has 0 spiro atoms. The Balaban J connectivity index is 1.65. The van der Waals surface area contributed by atoms with Crippen LogP contribution in [0.1, 0.15) is 37.3 Å². The third-order valence-electron chi connectivity index (χ3n) is 5.47. The summed E-state index contributed by atoms with van der Waals surface area (Å²) >= 11 is 0. The Morgan fingerprint density at radius 1 is 1.07 bits per heavy atom. The van der Waals surface area contributed by atoms with E-state index >= 15 is 0 Å². The van der Waals surface area contributed by atoms with Crippen molar-refractivity contribution in [3.05, 3.63) is 53.6 Å². The molecule has 2 aromatic rings. The highest BCUT2D eigenvalue weighted by atomic mass is 16.6. The van der Waals surface area contributed by atoms with Crippen molar-refractivity contribution in [1.29, 1.82) is 0 Å². The fourth-order valence-corrected chi connectivity index (χ4v) is 3.71. The van der Waals surface area contributed by atoms with Crippen molar-refractivity contribution in [3.8, 4) is 0 Å². The molecule has 0 unspecified atom stereocenters. The molecule has 0 bridgehead atoms. The molecule has 0 atom stereocenters. The summed E-state index contributed by atoms with van der Waals surface area (Å²) in [6.45, 7) is 2.35. The van der Waals surface area contributed by atoms with Crippen LogP contribution in [0, 0.1) is 0 Å². The van der Waals surface area contributed by atoms with Crippen LogP contribution in [0.25, 0.3) is 0 Å². The van der Waals surface area contributed by atoms with Crippen molar-refractivity contribution in [2.75, 3.05) is 23.4 Å². The largest absolute Gasteiger partial charge is 0.446 e. The van der Waals surface area contributed by atoms with Crippen LogP contribution in [0.4, 0.5) is 21.9 Å². The fraction of sp³-hybridized carbons (Fsp3) is 0.391. The minimum Gasteiger partial charge on any atom is -0.446 e. The van der Waals surface area contributed by atoms with Gasteiger partial charge in [0.05, 0.1) is 11.4 Å². The number of nitrogens with zero attached hydrogens (tertiary/aromatic N) is 1. The lowest BCUT2D eigenvalue weighted by atomic mass is 9.96. The molecule has 4 rings (SSSR count). The van der Waals surface area contributed by atoms with Crippen LogP contribution in [0.2, 0.25) is 0 Å². The molecule has 2 aromatic carbocycles. The fourth-order valence-electron chi connectivity index (χ4n) is 3.71. The third-order valence-corrected chi connectivity index (χ3v) is 5.47. The van der Waals surface area contributed by atoms with Gasteiger partial charge >= 0.3 is 6.09 Å². The zero-order valence-electron chi connectivity index (χ0n) is 16.6. The van der Waals surface area contributed by atoms with E-state index in [0.717, 1.165) is 54.6 Å². The summed E-state index contributed by atoms with van der Waals surface area (Å²) in [6.07, 6.45) is 4.19. The Labute approximate surface area is 170 Å². The van der Waals surface area contributed by atoms with Crippen LogP contribution in [0.15, 0.2) is 42.5 Å². The molecule has 0 aromatic heterocycles. The first kappa shape index (κ1) is 19.5. The Bertz CT molecular complexity index is 908. The number of rotatable bonds is 5. The van der Waals surface area contributed by atoms with E-state index < -0.39 is 6.09 Å². The molecule has 1 N–H and O–H groups in total. The smallest absolute Gasteiger partial charge is 0.411 e. The number of hydrogen-bond acceptors (Lipinski definition) is 4. The van der Waals surface area contributed by atoms with E-state index in [9.17, 15) is 9.59 Å². The van der Waals surface area contributed by atoms with E-state index in [1.807, 2.05) is 43.3 Å². The molecule has 0 saturated heterocycles. The highest BCUT2D eigenvalue weighted by molar-refractivity contribution is 6.03. The Hall–Kier alpha value is -2.86. The normalized spacial score (nSPS) is 15.6. The minimum absolute atomic E-state index is 0.00561. The van der Waals surface area contributed by atoms with Crippen LogP contribution in [0.3, 0.4) is 0 Å². The molecule has 0 radical (unpaired) electrons. The standard InChI is InChI=1S/C23H26N2O4/c1-2-28-15-22(26)25-20-9-4-3-6-16(20)10-11-17-12-13-18(14-21(17)25)24-23(27)29-19-7-5-8-19/h3-4,6,9,12-14,19H,2,5,7-8,10-11,15H2,1H3,(H,24,27). The number of aryl methyl sites for hydroxylation is 2. The second-order valence-corrected chi connectivity index (χ2v) is 7.42. The predicted molar refractivity (Wildman–Crippen MR) is 112 cm³/mol. The monoisotopic (exact) mass is 394 g/mol. The first-order valence-electron chi connectivity index (χ1n) is 10.2. The number of hydrogen-bond donors (Lipinski definition) is 1. The van der Waals surface area contributed by atoms with E-state index in [-0.39, 0.29) is 18.6 Å². The quantitative estimate of drug-likeness (QED) is 0.806. The number of carbonyl (C=O) groups excluding carboxylic acids is 2. The summed E-state index contributed by atoms with van der Waals surface area (Å²) in [5.74, 6) is -0.128. The number of amides is 2. The van der Waals surface area contributed by atoms with Gasteiger partial charge in [0.2, 0.25) is 0 Å². The maximum atomic E-state index is 13.0. The van der Waals surface area contributed by atoms with Gasteiger partial charge in [-0.25, -0.2) is 4.79 Å². The maximum Gasteiger partial charge on any atom is 0.411 e. The van der Waals surface area contributed by atoms with E-state index in [1.165, 1.54) is 0 Å². The SMILES string of the molecule is CCOCC(=O)N1c2ccccc2CCc2ccc(NC(=O)OC3CCC3)cc21. The predicted octanol–water partition coefficient (Wildman–Crippen LogP) is 4.59. The topological polar surface area (TPSA) is 67.9 Å². The number of benzene rings is 2. The van der Waals surface area contributed by atoms with Crippen LogP contribution < -0.4 is 10.2 Å². The molecule has 1 aliphatic carbocycles. The molecule has 1 fully saturated rings. The van der Waals surface area contributed by atoms with Crippen LogP contribution >= 0.6 is 0 Å². The van der Waals surface area contributed by atoms with Gasteiger partial charge < -0.3 is 9.47 Å². The van der Waals surface area contributed by atoms with Gasteiger partial charge in [0.15, 0.2) is 0 Å². The zero-order valence-corrected chi connectivity index (χ0v) is 16.6. The average Bonchev–Trinajstić information content (AvgIpc) is 2.85. The van der Waals surface area contributed by atoms with E-state index in [0.29, 0.717) is 12.3 Å². The zero-order chi connectivity index (χ0) is 20.2. The molecule has 6 nitrogen and oxygen atoms in total. The van der Waals surface area contributed by atoms with Gasteiger partial charge in [0, 0.05) is 12.3 Å². The summed E-state index contributed by atoms with van der Waals surface area (Å²) in [5.41, 5.74) is 4.43. The van der Waals surface area contributed by atoms with E-state index in [1.54, 1.807) is 4.90 Å². The Morgan fingerprint density at radius 3 is 2.55 bits per heavy atom. The minimum atomic E-state index is -0.448. The number of para-hydroxylation sites is 1. The van der Waals surface area contributed by atoms with Crippen molar-refractivity contribution < 1.29 is 19.1 Å². The molecule has 2 aliphatic rings. The summed E-state index contributed by atoms with van der Waals surface area (Å²) in [7, 11) is 0. The molecule has 2 amide bonds.